The third kappa shape index (κ3) is 3.85. The van der Waals surface area contributed by atoms with E-state index in [-0.39, 0.29) is 0 Å². The first-order valence-electron chi connectivity index (χ1n) is 12.3. The zero-order valence-corrected chi connectivity index (χ0v) is 20.0. The highest BCUT2D eigenvalue weighted by atomic mass is 15.2. The molecule has 0 saturated heterocycles. The summed E-state index contributed by atoms with van der Waals surface area (Å²) in [4.78, 5) is 10.2. The van der Waals surface area contributed by atoms with Gasteiger partial charge in [0.15, 0.2) is 5.82 Å². The first kappa shape index (κ1) is 21.2. The van der Waals surface area contributed by atoms with E-state index in [2.05, 4.69) is 79.0 Å². The Morgan fingerprint density at radius 1 is 0.486 bits per heavy atom. The molecule has 0 spiro atoms. The van der Waals surface area contributed by atoms with Crippen molar-refractivity contribution in [3.63, 3.8) is 0 Å². The summed E-state index contributed by atoms with van der Waals surface area (Å²) in [5.74, 6) is 0.657. The molecule has 4 heteroatoms. The smallest absolute Gasteiger partial charge is 0.164 e. The first-order chi connectivity index (χ1) is 18.3. The maximum atomic E-state index is 5.12. The van der Waals surface area contributed by atoms with E-state index in [1.807, 2.05) is 59.1 Å². The zero-order chi connectivity index (χ0) is 24.6. The first-order valence-corrected chi connectivity index (χ1v) is 12.3. The Kier molecular flexibility index (Phi) is 5.07. The molecule has 4 nitrogen and oxygen atoms in total. The van der Waals surface area contributed by atoms with Crippen LogP contribution in [0, 0.1) is 0 Å². The molecule has 3 aromatic heterocycles. The number of aromatic nitrogens is 4. The molecule has 0 aliphatic heterocycles. The van der Waals surface area contributed by atoms with Crippen LogP contribution < -0.4 is 0 Å². The summed E-state index contributed by atoms with van der Waals surface area (Å²) in [5, 5.41) is 7.33. The van der Waals surface area contributed by atoms with Crippen LogP contribution in [0.25, 0.3) is 61.4 Å². The maximum absolute atomic E-state index is 5.12. The summed E-state index contributed by atoms with van der Waals surface area (Å²) in [7, 11) is 0. The Balaban J connectivity index is 1.56. The molecule has 37 heavy (non-hydrogen) atoms. The van der Waals surface area contributed by atoms with E-state index in [1.165, 1.54) is 0 Å². The van der Waals surface area contributed by atoms with Crippen molar-refractivity contribution in [1.29, 1.82) is 0 Å². The van der Waals surface area contributed by atoms with Gasteiger partial charge in [0, 0.05) is 28.3 Å². The van der Waals surface area contributed by atoms with Crippen molar-refractivity contribution in [2.45, 2.75) is 0 Å². The molecule has 0 saturated carbocycles. The Hall–Kier alpha value is -5.09. The predicted molar refractivity (Wildman–Crippen MR) is 150 cm³/mol. The van der Waals surface area contributed by atoms with E-state index in [0.29, 0.717) is 5.82 Å². The van der Waals surface area contributed by atoms with E-state index in [4.69, 9.17) is 15.1 Å². The average Bonchev–Trinajstić information content (AvgIpc) is 3.35. The summed E-state index contributed by atoms with van der Waals surface area (Å²) in [5.41, 5.74) is 7.64. The van der Waals surface area contributed by atoms with Gasteiger partial charge in [-0.2, -0.15) is 5.10 Å². The van der Waals surface area contributed by atoms with Crippen LogP contribution in [0.15, 0.2) is 134 Å². The quantitative estimate of drug-likeness (QED) is 0.260. The molecule has 0 fully saturated rings. The number of pyridine rings is 1. The molecule has 0 radical (unpaired) electrons. The maximum Gasteiger partial charge on any atom is 0.164 e. The molecular weight excluding hydrogens is 452 g/mol. The molecule has 4 aromatic carbocycles. The predicted octanol–water partition coefficient (Wildman–Crippen LogP) is 7.95. The van der Waals surface area contributed by atoms with Crippen LogP contribution in [0.1, 0.15) is 0 Å². The standard InChI is InChI=1S/C33H22N4/c1-4-12-23(13-5-1)28-21-29(24-14-6-2-7-15-24)35-33(34-28)31-30-20-26-18-10-11-19-27(26)22-37(30)36-32(31)25-16-8-3-9-17-25/h1-22H. The number of hydrogen-bond donors (Lipinski definition) is 0. The number of nitrogens with zero attached hydrogens (tertiary/aromatic N) is 4. The molecule has 7 rings (SSSR count). The fourth-order valence-electron chi connectivity index (χ4n) is 4.81. The molecule has 0 amide bonds. The minimum absolute atomic E-state index is 0.657. The minimum Gasteiger partial charge on any atom is -0.239 e. The van der Waals surface area contributed by atoms with E-state index in [1.54, 1.807) is 0 Å². The van der Waals surface area contributed by atoms with Crippen LogP contribution in [0.2, 0.25) is 0 Å². The highest BCUT2D eigenvalue weighted by Crippen LogP contribution is 2.37. The summed E-state index contributed by atoms with van der Waals surface area (Å²) in [6, 6.07) is 43.4. The number of benzene rings is 4. The van der Waals surface area contributed by atoms with E-state index in [9.17, 15) is 0 Å². The van der Waals surface area contributed by atoms with Crippen LogP contribution >= 0.6 is 0 Å². The van der Waals surface area contributed by atoms with Gasteiger partial charge in [-0.15, -0.1) is 0 Å². The second kappa shape index (κ2) is 8.85. The van der Waals surface area contributed by atoms with Crippen molar-refractivity contribution < 1.29 is 0 Å². The second-order valence-corrected chi connectivity index (χ2v) is 9.02. The Morgan fingerprint density at radius 2 is 1.00 bits per heavy atom. The molecule has 174 valence electrons. The molecule has 0 aliphatic carbocycles. The summed E-state index contributed by atoms with van der Waals surface area (Å²) < 4.78 is 1.96. The molecule has 3 heterocycles. The van der Waals surface area contributed by atoms with Crippen molar-refractivity contribution in [3.05, 3.63) is 134 Å². The number of hydrogen-bond acceptors (Lipinski definition) is 3. The number of rotatable bonds is 4. The minimum atomic E-state index is 0.657. The topological polar surface area (TPSA) is 43.1 Å². The lowest BCUT2D eigenvalue weighted by atomic mass is 10.0. The molecule has 7 aromatic rings. The largest absolute Gasteiger partial charge is 0.239 e. The third-order valence-electron chi connectivity index (χ3n) is 6.63. The monoisotopic (exact) mass is 474 g/mol. The van der Waals surface area contributed by atoms with Crippen LogP contribution in [-0.4, -0.2) is 19.6 Å². The van der Waals surface area contributed by atoms with Crippen molar-refractivity contribution in [3.8, 4) is 45.2 Å². The lowest BCUT2D eigenvalue weighted by molar-refractivity contribution is 0.974. The molecular formula is C33H22N4. The summed E-state index contributed by atoms with van der Waals surface area (Å²) in [6.45, 7) is 0. The Morgan fingerprint density at radius 3 is 1.59 bits per heavy atom. The van der Waals surface area contributed by atoms with Gasteiger partial charge in [-0.1, -0.05) is 115 Å². The van der Waals surface area contributed by atoms with E-state index < -0.39 is 0 Å². The van der Waals surface area contributed by atoms with Gasteiger partial charge in [0.05, 0.1) is 22.5 Å². The van der Waals surface area contributed by atoms with Gasteiger partial charge in [0.1, 0.15) is 5.69 Å². The van der Waals surface area contributed by atoms with E-state index >= 15 is 0 Å². The van der Waals surface area contributed by atoms with Gasteiger partial charge in [-0.25, -0.2) is 14.5 Å². The van der Waals surface area contributed by atoms with Crippen LogP contribution in [0.4, 0.5) is 0 Å². The fourth-order valence-corrected chi connectivity index (χ4v) is 4.81. The highest BCUT2D eigenvalue weighted by molar-refractivity contribution is 5.96. The van der Waals surface area contributed by atoms with Crippen LogP contribution in [0.5, 0.6) is 0 Å². The molecule has 0 aliphatic rings. The lowest BCUT2D eigenvalue weighted by Crippen LogP contribution is -1.97. The van der Waals surface area contributed by atoms with Gasteiger partial charge in [0.2, 0.25) is 0 Å². The average molecular weight is 475 g/mol. The SMILES string of the molecule is c1ccc(-c2cc(-c3ccccc3)nc(-c3c(-c4ccccc4)nn4cc5ccccc5cc34)n2)cc1. The highest BCUT2D eigenvalue weighted by Gasteiger charge is 2.21. The van der Waals surface area contributed by atoms with Crippen molar-refractivity contribution in [2.75, 3.05) is 0 Å². The zero-order valence-electron chi connectivity index (χ0n) is 20.0. The third-order valence-corrected chi connectivity index (χ3v) is 6.63. The summed E-state index contributed by atoms with van der Waals surface area (Å²) >= 11 is 0. The summed E-state index contributed by atoms with van der Waals surface area (Å²) in [6.07, 6.45) is 2.08. The van der Waals surface area contributed by atoms with E-state index in [0.717, 1.165) is 55.6 Å². The lowest BCUT2D eigenvalue weighted by Gasteiger charge is -2.10. The van der Waals surface area contributed by atoms with Crippen molar-refractivity contribution in [2.24, 2.45) is 0 Å². The normalized spacial score (nSPS) is 11.2. The van der Waals surface area contributed by atoms with Crippen LogP contribution in [-0.2, 0) is 0 Å². The van der Waals surface area contributed by atoms with Gasteiger partial charge >= 0.3 is 0 Å². The molecule has 0 atom stereocenters. The number of fused-ring (bicyclic) bond motifs is 2. The molecule has 0 unspecified atom stereocenters. The Labute approximate surface area is 214 Å². The van der Waals surface area contributed by atoms with Gasteiger partial charge in [-0.3, -0.25) is 0 Å². The fraction of sp³-hybridized carbons (Fsp3) is 0. The van der Waals surface area contributed by atoms with Gasteiger partial charge in [0.25, 0.3) is 0 Å². The van der Waals surface area contributed by atoms with Crippen molar-refractivity contribution in [1.82, 2.24) is 19.6 Å². The van der Waals surface area contributed by atoms with Crippen LogP contribution in [0.3, 0.4) is 0 Å². The molecule has 0 N–H and O–H groups in total. The second-order valence-electron chi connectivity index (χ2n) is 9.02. The molecule has 0 bridgehead atoms. The van der Waals surface area contributed by atoms with Gasteiger partial charge < -0.3 is 0 Å². The van der Waals surface area contributed by atoms with Crippen molar-refractivity contribution >= 4 is 16.3 Å². The van der Waals surface area contributed by atoms with Gasteiger partial charge in [-0.05, 0) is 17.5 Å². The Bertz CT molecular complexity index is 1800.